The van der Waals surface area contributed by atoms with Gasteiger partial charge in [-0.05, 0) is 68.1 Å². The van der Waals surface area contributed by atoms with Crippen molar-refractivity contribution in [1.29, 1.82) is 0 Å². The average molecular weight is 500 g/mol. The highest BCUT2D eigenvalue weighted by Crippen LogP contribution is 2.23. The molecule has 2 aliphatic rings. The first-order chi connectivity index (χ1) is 17.5. The molecule has 0 aromatic heterocycles. The number of thiol groups is 2. The van der Waals surface area contributed by atoms with Gasteiger partial charge in [-0.25, -0.2) is 0 Å². The van der Waals surface area contributed by atoms with Crippen LogP contribution in [-0.2, 0) is 0 Å². The van der Waals surface area contributed by atoms with Crippen molar-refractivity contribution in [2.24, 2.45) is 0 Å². The summed E-state index contributed by atoms with van der Waals surface area (Å²) in [6.07, 6.45) is 5.90. The predicted molar refractivity (Wildman–Crippen MR) is 156 cm³/mol. The Labute approximate surface area is 219 Å². The van der Waals surface area contributed by atoms with Gasteiger partial charge in [-0.1, -0.05) is 61.7 Å². The molecule has 0 fully saturated rings. The van der Waals surface area contributed by atoms with Crippen LogP contribution in [0, 0.1) is 0 Å². The normalized spacial score (nSPS) is 12.7. The third-order valence-corrected chi connectivity index (χ3v) is 7.19. The molecular formula is C31H21N3S2. The van der Waals surface area contributed by atoms with Gasteiger partial charge in [-0.3, -0.25) is 4.98 Å². The lowest BCUT2D eigenvalue weighted by Gasteiger charge is -2.03. The molecule has 5 heteroatoms. The first kappa shape index (κ1) is 22.5. The van der Waals surface area contributed by atoms with E-state index in [4.69, 9.17) is 0 Å². The standard InChI is InChI=1S/C31H21N3S2/c1-18-9-11-20(23-5-3-7-28(35)30(18)23)15-22-13-14-25-26(33-34-27(25)17-32-22)16-21-12-10-19(2)31-24(21)6-4-8-29(31)36/h3-17,35-36H,1-2H2/b20-15+,21-16+. The number of hydrogen-bond donors (Lipinski definition) is 2. The van der Waals surface area contributed by atoms with Gasteiger partial charge in [0.15, 0.2) is 0 Å². The van der Waals surface area contributed by atoms with E-state index in [9.17, 15) is 0 Å². The summed E-state index contributed by atoms with van der Waals surface area (Å²) >= 11 is 9.27. The quantitative estimate of drug-likeness (QED) is 0.348. The molecule has 0 bridgehead atoms. The van der Waals surface area contributed by atoms with Crippen molar-refractivity contribution >= 4 is 72.1 Å². The van der Waals surface area contributed by atoms with Crippen LogP contribution in [0.5, 0.6) is 0 Å². The molecule has 0 spiro atoms. The largest absolute Gasteiger partial charge is 0.255 e. The SMILES string of the molecule is C=c1cc/c(=C\c2ccc3c(/C=c4\ccc(=C)c5c(S)cccc45)nnc-3cn2)c2cccc(S)c12. The van der Waals surface area contributed by atoms with E-state index in [1.165, 1.54) is 0 Å². The molecule has 0 saturated carbocycles. The molecule has 36 heavy (non-hydrogen) atoms. The summed E-state index contributed by atoms with van der Waals surface area (Å²) in [4.78, 5) is 6.51. The van der Waals surface area contributed by atoms with Gasteiger partial charge in [-0.15, -0.1) is 35.5 Å². The van der Waals surface area contributed by atoms with Crippen molar-refractivity contribution < 1.29 is 0 Å². The second-order valence-corrected chi connectivity index (χ2v) is 9.68. The minimum absolute atomic E-state index is 0.740. The molecule has 0 unspecified atom stereocenters. The van der Waals surface area contributed by atoms with Crippen LogP contribution in [0.15, 0.2) is 88.8 Å². The molecular weight excluding hydrogens is 478 g/mol. The molecule has 0 N–H and O–H groups in total. The van der Waals surface area contributed by atoms with Crippen LogP contribution < -0.4 is 20.9 Å². The molecule has 0 radical (unpaired) electrons. The van der Waals surface area contributed by atoms with Crippen molar-refractivity contribution in [1.82, 2.24) is 15.2 Å². The van der Waals surface area contributed by atoms with Crippen LogP contribution in [-0.4, -0.2) is 15.2 Å². The monoisotopic (exact) mass is 499 g/mol. The summed E-state index contributed by atoms with van der Waals surface area (Å²) < 4.78 is 0. The maximum absolute atomic E-state index is 4.68. The highest BCUT2D eigenvalue weighted by molar-refractivity contribution is 7.80. The van der Waals surface area contributed by atoms with E-state index in [0.29, 0.717) is 0 Å². The number of nitrogens with zero attached hydrogens (tertiary/aromatic N) is 3. The highest BCUT2D eigenvalue weighted by Gasteiger charge is 2.11. The van der Waals surface area contributed by atoms with E-state index >= 15 is 0 Å². The number of benzene rings is 4. The van der Waals surface area contributed by atoms with E-state index < -0.39 is 0 Å². The summed E-state index contributed by atoms with van der Waals surface area (Å²) in [7, 11) is 0. The van der Waals surface area contributed by atoms with Gasteiger partial charge in [-0.2, -0.15) is 0 Å². The molecule has 6 rings (SSSR count). The maximum Gasteiger partial charge on any atom is 0.113 e. The zero-order valence-corrected chi connectivity index (χ0v) is 21.1. The number of aromatic nitrogens is 3. The summed E-state index contributed by atoms with van der Waals surface area (Å²) in [5, 5.41) is 17.1. The van der Waals surface area contributed by atoms with Crippen molar-refractivity contribution in [3.05, 3.63) is 111 Å². The summed E-state index contributed by atoms with van der Waals surface area (Å²) in [5.74, 6) is 0. The van der Waals surface area contributed by atoms with Crippen molar-refractivity contribution in [3.8, 4) is 11.3 Å². The van der Waals surface area contributed by atoms with Crippen LogP contribution in [0.25, 0.3) is 58.1 Å². The lowest BCUT2D eigenvalue weighted by atomic mass is 10.0. The summed E-state index contributed by atoms with van der Waals surface area (Å²) in [5.41, 5.74) is 3.30. The fourth-order valence-corrected chi connectivity index (χ4v) is 5.37. The van der Waals surface area contributed by atoms with Crippen molar-refractivity contribution in [2.45, 2.75) is 9.79 Å². The lowest BCUT2D eigenvalue weighted by Crippen LogP contribution is -2.10. The zero-order valence-electron chi connectivity index (χ0n) is 19.3. The Kier molecular flexibility index (Phi) is 5.59. The smallest absolute Gasteiger partial charge is 0.113 e. The fourth-order valence-electron chi connectivity index (χ4n) is 4.67. The van der Waals surface area contributed by atoms with Crippen LogP contribution in [0.2, 0.25) is 0 Å². The molecule has 0 amide bonds. The van der Waals surface area contributed by atoms with Crippen molar-refractivity contribution in [3.63, 3.8) is 0 Å². The van der Waals surface area contributed by atoms with Gasteiger partial charge in [0.1, 0.15) is 5.69 Å². The zero-order chi connectivity index (χ0) is 24.8. The first-order valence-corrected chi connectivity index (χ1v) is 12.3. The Morgan fingerprint density at radius 2 is 1.25 bits per heavy atom. The Morgan fingerprint density at radius 3 is 1.89 bits per heavy atom. The second-order valence-electron chi connectivity index (χ2n) is 8.72. The topological polar surface area (TPSA) is 38.7 Å². The van der Waals surface area contributed by atoms with Gasteiger partial charge >= 0.3 is 0 Å². The Balaban J connectivity index is 1.51. The fraction of sp³-hybridized carbons (Fsp3) is 0. The van der Waals surface area contributed by atoms with Gasteiger partial charge in [0.05, 0.1) is 17.6 Å². The van der Waals surface area contributed by atoms with E-state index in [0.717, 1.165) is 74.9 Å². The molecule has 3 nitrogen and oxygen atoms in total. The van der Waals surface area contributed by atoms with Gasteiger partial charge < -0.3 is 0 Å². The van der Waals surface area contributed by atoms with E-state index in [1.54, 1.807) is 6.20 Å². The molecule has 4 aromatic rings. The Hall–Kier alpha value is -3.93. The Morgan fingerprint density at radius 1 is 0.639 bits per heavy atom. The van der Waals surface area contributed by atoms with E-state index in [2.05, 4.69) is 90.0 Å². The highest BCUT2D eigenvalue weighted by atomic mass is 32.1. The van der Waals surface area contributed by atoms with Gasteiger partial charge in [0, 0.05) is 26.1 Å². The van der Waals surface area contributed by atoms with Crippen LogP contribution in [0.3, 0.4) is 0 Å². The average Bonchev–Trinajstić information content (AvgIpc) is 3.13. The third kappa shape index (κ3) is 3.87. The van der Waals surface area contributed by atoms with E-state index in [1.807, 2.05) is 48.5 Å². The second kappa shape index (κ2) is 8.94. The van der Waals surface area contributed by atoms with Crippen LogP contribution in [0.1, 0.15) is 11.4 Å². The predicted octanol–water partition coefficient (Wildman–Crippen LogP) is 4.34. The summed E-state index contributed by atoms with van der Waals surface area (Å²) in [6.45, 7) is 8.33. The molecule has 2 heterocycles. The minimum atomic E-state index is 0.740. The third-order valence-electron chi connectivity index (χ3n) is 6.45. The molecule has 0 aliphatic carbocycles. The minimum Gasteiger partial charge on any atom is -0.255 e. The Bertz CT molecular complexity index is 2020. The molecule has 2 aliphatic heterocycles. The first-order valence-electron chi connectivity index (χ1n) is 11.4. The van der Waals surface area contributed by atoms with Crippen molar-refractivity contribution in [2.75, 3.05) is 0 Å². The molecule has 172 valence electrons. The van der Waals surface area contributed by atoms with Gasteiger partial charge in [0.2, 0.25) is 0 Å². The lowest BCUT2D eigenvalue weighted by molar-refractivity contribution is 1.08. The van der Waals surface area contributed by atoms with Crippen LogP contribution >= 0.6 is 25.3 Å². The summed E-state index contributed by atoms with van der Waals surface area (Å²) in [6, 6.07) is 24.3. The number of rotatable bonds is 2. The molecule has 0 saturated heterocycles. The van der Waals surface area contributed by atoms with Crippen LogP contribution in [0.4, 0.5) is 0 Å². The molecule has 0 atom stereocenters. The van der Waals surface area contributed by atoms with E-state index in [-0.39, 0.29) is 0 Å². The van der Waals surface area contributed by atoms with Gasteiger partial charge in [0.25, 0.3) is 0 Å². The molecule has 4 aromatic carbocycles. The number of hydrogen-bond acceptors (Lipinski definition) is 5. The maximum atomic E-state index is 4.68. The number of fused-ring (bicyclic) bond motifs is 3.